The largest absolute Gasteiger partial charge is 0.416 e. The Labute approximate surface area is 122 Å². The van der Waals surface area contributed by atoms with Crippen molar-refractivity contribution in [3.63, 3.8) is 0 Å². The smallest absolute Gasteiger partial charge is 0.328 e. The number of hydrogen-bond donors (Lipinski definition) is 1. The number of alkyl halides is 3. The third kappa shape index (κ3) is 4.33. The predicted molar refractivity (Wildman–Crippen MR) is 78.9 cm³/mol. The Kier molecular flexibility index (Phi) is 4.68. The molecule has 0 radical (unpaired) electrons. The van der Waals surface area contributed by atoms with Crippen molar-refractivity contribution in [2.45, 2.75) is 32.0 Å². The second-order valence-electron chi connectivity index (χ2n) is 5.29. The first-order valence-corrected chi connectivity index (χ1v) is 6.88. The maximum absolute atomic E-state index is 12.8. The number of aryl methyl sites for hydroxylation is 1. The normalized spacial score (nSPS) is 13.2. The molecule has 0 fully saturated rings. The molecule has 0 spiro atoms. The van der Waals surface area contributed by atoms with Crippen molar-refractivity contribution in [1.29, 1.82) is 0 Å². The monoisotopic (exact) mass is 293 g/mol. The van der Waals surface area contributed by atoms with Gasteiger partial charge in [0.25, 0.3) is 0 Å². The van der Waals surface area contributed by atoms with E-state index in [1.807, 2.05) is 31.2 Å². The zero-order chi connectivity index (χ0) is 15.5. The first-order valence-electron chi connectivity index (χ1n) is 6.88. The molecule has 2 N–H and O–H groups in total. The molecule has 4 heteroatoms. The molecule has 0 saturated carbocycles. The Morgan fingerprint density at radius 1 is 1.00 bits per heavy atom. The summed E-state index contributed by atoms with van der Waals surface area (Å²) >= 11 is 0. The zero-order valence-corrected chi connectivity index (χ0v) is 11.8. The minimum absolute atomic E-state index is 0.113. The summed E-state index contributed by atoms with van der Waals surface area (Å²) in [5, 5.41) is 0. The van der Waals surface area contributed by atoms with E-state index >= 15 is 0 Å². The van der Waals surface area contributed by atoms with Crippen LogP contribution in [0.15, 0.2) is 48.5 Å². The standard InChI is InChI=1S/C17H18F3N/c1-12(21)8-9-13-4-2-5-14(10-13)15-6-3-7-16(11-15)17(18,19)20/h2-7,10-12H,8-9,21H2,1H3. The van der Waals surface area contributed by atoms with E-state index < -0.39 is 11.7 Å². The SMILES string of the molecule is CC(N)CCc1cccc(-c2cccc(C(F)(F)F)c2)c1. The summed E-state index contributed by atoms with van der Waals surface area (Å²) in [5.41, 5.74) is 7.56. The van der Waals surface area contributed by atoms with Crippen molar-refractivity contribution in [3.8, 4) is 11.1 Å². The lowest BCUT2D eigenvalue weighted by molar-refractivity contribution is -0.137. The summed E-state index contributed by atoms with van der Waals surface area (Å²) in [6.07, 6.45) is -2.64. The van der Waals surface area contributed by atoms with E-state index in [0.29, 0.717) is 5.56 Å². The highest BCUT2D eigenvalue weighted by molar-refractivity contribution is 5.65. The summed E-state index contributed by atoms with van der Waals surface area (Å²) in [6.45, 7) is 1.94. The van der Waals surface area contributed by atoms with Crippen molar-refractivity contribution >= 4 is 0 Å². The lowest BCUT2D eigenvalue weighted by Gasteiger charge is -2.10. The van der Waals surface area contributed by atoms with Gasteiger partial charge in [-0.3, -0.25) is 0 Å². The fourth-order valence-corrected chi connectivity index (χ4v) is 2.18. The van der Waals surface area contributed by atoms with Crippen molar-refractivity contribution in [2.24, 2.45) is 5.73 Å². The van der Waals surface area contributed by atoms with Crippen molar-refractivity contribution in [3.05, 3.63) is 59.7 Å². The van der Waals surface area contributed by atoms with Gasteiger partial charge in [0.05, 0.1) is 5.56 Å². The van der Waals surface area contributed by atoms with Gasteiger partial charge in [-0.15, -0.1) is 0 Å². The highest BCUT2D eigenvalue weighted by atomic mass is 19.4. The van der Waals surface area contributed by atoms with Gasteiger partial charge in [0.2, 0.25) is 0 Å². The van der Waals surface area contributed by atoms with E-state index in [1.54, 1.807) is 6.07 Å². The number of halogens is 3. The molecule has 0 aromatic heterocycles. The van der Waals surface area contributed by atoms with Crippen LogP contribution in [-0.2, 0) is 12.6 Å². The van der Waals surface area contributed by atoms with Gasteiger partial charge in [-0.2, -0.15) is 13.2 Å². The van der Waals surface area contributed by atoms with Crippen LogP contribution >= 0.6 is 0 Å². The third-order valence-corrected chi connectivity index (χ3v) is 3.34. The number of rotatable bonds is 4. The summed E-state index contributed by atoms with van der Waals surface area (Å²) in [6, 6.07) is 13.1. The summed E-state index contributed by atoms with van der Waals surface area (Å²) in [4.78, 5) is 0. The third-order valence-electron chi connectivity index (χ3n) is 3.34. The van der Waals surface area contributed by atoms with Gasteiger partial charge >= 0.3 is 6.18 Å². The van der Waals surface area contributed by atoms with Gasteiger partial charge < -0.3 is 5.73 Å². The Balaban J connectivity index is 2.28. The van der Waals surface area contributed by atoms with E-state index in [0.717, 1.165) is 30.0 Å². The average Bonchev–Trinajstić information content (AvgIpc) is 2.45. The lowest BCUT2D eigenvalue weighted by Crippen LogP contribution is -2.15. The molecule has 1 unspecified atom stereocenters. The zero-order valence-electron chi connectivity index (χ0n) is 11.8. The second kappa shape index (κ2) is 6.31. The quantitative estimate of drug-likeness (QED) is 0.872. The maximum atomic E-state index is 12.8. The predicted octanol–water partition coefficient (Wildman–Crippen LogP) is 4.65. The molecule has 2 rings (SSSR count). The van der Waals surface area contributed by atoms with Crippen LogP contribution < -0.4 is 5.73 Å². The van der Waals surface area contributed by atoms with E-state index in [9.17, 15) is 13.2 Å². The molecule has 0 aliphatic heterocycles. The molecule has 1 atom stereocenters. The Morgan fingerprint density at radius 3 is 2.24 bits per heavy atom. The van der Waals surface area contributed by atoms with Crippen LogP contribution in [0.2, 0.25) is 0 Å². The molecule has 0 heterocycles. The Bertz CT molecular complexity index is 603. The molecule has 0 saturated heterocycles. The van der Waals surface area contributed by atoms with Gasteiger partial charge in [0.1, 0.15) is 0 Å². The number of nitrogens with two attached hydrogens (primary N) is 1. The van der Waals surface area contributed by atoms with E-state index in [4.69, 9.17) is 5.73 Å². The topological polar surface area (TPSA) is 26.0 Å². The molecule has 2 aromatic rings. The van der Waals surface area contributed by atoms with Crippen LogP contribution in [0.1, 0.15) is 24.5 Å². The van der Waals surface area contributed by atoms with Crippen LogP contribution in [0.3, 0.4) is 0 Å². The van der Waals surface area contributed by atoms with Gasteiger partial charge in [-0.1, -0.05) is 36.4 Å². The minimum atomic E-state index is -4.32. The fourth-order valence-electron chi connectivity index (χ4n) is 2.18. The Hall–Kier alpha value is -1.81. The highest BCUT2D eigenvalue weighted by Crippen LogP contribution is 2.32. The van der Waals surface area contributed by atoms with E-state index in [2.05, 4.69) is 0 Å². The molecular weight excluding hydrogens is 275 g/mol. The van der Waals surface area contributed by atoms with Crippen molar-refractivity contribution in [2.75, 3.05) is 0 Å². The molecule has 0 bridgehead atoms. The fraction of sp³-hybridized carbons (Fsp3) is 0.294. The number of benzene rings is 2. The van der Waals surface area contributed by atoms with Gasteiger partial charge in [-0.25, -0.2) is 0 Å². The maximum Gasteiger partial charge on any atom is 0.416 e. The summed E-state index contributed by atoms with van der Waals surface area (Å²) in [7, 11) is 0. The van der Waals surface area contributed by atoms with Gasteiger partial charge in [0, 0.05) is 6.04 Å². The number of hydrogen-bond acceptors (Lipinski definition) is 1. The molecule has 112 valence electrons. The highest BCUT2D eigenvalue weighted by Gasteiger charge is 2.30. The average molecular weight is 293 g/mol. The molecule has 0 amide bonds. The second-order valence-corrected chi connectivity index (χ2v) is 5.29. The first kappa shape index (κ1) is 15.6. The summed E-state index contributed by atoms with van der Waals surface area (Å²) < 4.78 is 38.3. The van der Waals surface area contributed by atoms with Crippen LogP contribution in [0.4, 0.5) is 13.2 Å². The van der Waals surface area contributed by atoms with Gasteiger partial charge in [0.15, 0.2) is 0 Å². The Morgan fingerprint density at radius 2 is 1.62 bits per heavy atom. The minimum Gasteiger partial charge on any atom is -0.328 e. The molecule has 2 aromatic carbocycles. The molecular formula is C17H18F3N. The molecule has 21 heavy (non-hydrogen) atoms. The van der Waals surface area contributed by atoms with Crippen LogP contribution in [0.25, 0.3) is 11.1 Å². The molecule has 0 aliphatic rings. The van der Waals surface area contributed by atoms with Crippen molar-refractivity contribution < 1.29 is 13.2 Å². The first-order chi connectivity index (χ1) is 9.86. The molecule has 0 aliphatic carbocycles. The van der Waals surface area contributed by atoms with Crippen LogP contribution in [0.5, 0.6) is 0 Å². The van der Waals surface area contributed by atoms with Crippen LogP contribution in [-0.4, -0.2) is 6.04 Å². The molecule has 1 nitrogen and oxygen atoms in total. The van der Waals surface area contributed by atoms with Crippen molar-refractivity contribution in [1.82, 2.24) is 0 Å². The van der Waals surface area contributed by atoms with E-state index in [-0.39, 0.29) is 6.04 Å². The van der Waals surface area contributed by atoms with Crippen LogP contribution in [0, 0.1) is 0 Å². The van der Waals surface area contributed by atoms with Gasteiger partial charge in [-0.05, 0) is 48.6 Å². The van der Waals surface area contributed by atoms with E-state index in [1.165, 1.54) is 12.1 Å². The lowest BCUT2D eigenvalue weighted by atomic mass is 9.98. The summed E-state index contributed by atoms with van der Waals surface area (Å²) in [5.74, 6) is 0.